The lowest BCUT2D eigenvalue weighted by Gasteiger charge is -2.37. The zero-order chi connectivity index (χ0) is 29.3. The van der Waals surface area contributed by atoms with Gasteiger partial charge in [-0.3, -0.25) is 4.79 Å². The summed E-state index contributed by atoms with van der Waals surface area (Å²) in [6, 6.07) is 20.9. The molecule has 1 aliphatic heterocycles. The second-order valence-corrected chi connectivity index (χ2v) is 10.4. The number of amides is 1. The Morgan fingerprint density at radius 1 is 0.976 bits per heavy atom. The van der Waals surface area contributed by atoms with Crippen molar-refractivity contribution in [2.24, 2.45) is 5.92 Å². The van der Waals surface area contributed by atoms with E-state index in [1.54, 1.807) is 12.1 Å². The van der Waals surface area contributed by atoms with Crippen molar-refractivity contribution in [2.45, 2.75) is 38.5 Å². The van der Waals surface area contributed by atoms with E-state index in [0.717, 1.165) is 17.5 Å². The summed E-state index contributed by atoms with van der Waals surface area (Å²) in [5.41, 5.74) is 6.94. The fourth-order valence-corrected chi connectivity index (χ4v) is 5.77. The van der Waals surface area contributed by atoms with Gasteiger partial charge >= 0.3 is 0 Å². The molecule has 3 aromatic rings. The normalized spacial score (nSPS) is 19.0. The van der Waals surface area contributed by atoms with E-state index in [9.17, 15) is 9.18 Å². The van der Waals surface area contributed by atoms with E-state index in [1.165, 1.54) is 34.4 Å². The zero-order valence-corrected chi connectivity index (χ0v) is 23.9. The van der Waals surface area contributed by atoms with Crippen LogP contribution in [0, 0.1) is 11.7 Å². The highest BCUT2D eigenvalue weighted by Gasteiger charge is 2.39. The van der Waals surface area contributed by atoms with Gasteiger partial charge < -0.3 is 29.4 Å². The molecule has 2 N–H and O–H groups in total. The third kappa shape index (κ3) is 7.07. The molecule has 0 spiro atoms. The fourth-order valence-electron chi connectivity index (χ4n) is 5.77. The van der Waals surface area contributed by atoms with Crippen LogP contribution in [0.4, 0.5) is 4.39 Å². The number of aliphatic hydroxyl groups excluding tert-OH is 1. The first-order valence-electron chi connectivity index (χ1n) is 14.6. The molecule has 3 unspecified atom stereocenters. The number of rotatable bonds is 14. The fraction of sp³-hybridized carbons (Fsp3) is 0.382. The van der Waals surface area contributed by atoms with E-state index in [1.807, 2.05) is 13.0 Å². The highest BCUT2D eigenvalue weighted by Crippen LogP contribution is 2.45. The predicted octanol–water partition coefficient (Wildman–Crippen LogP) is 5.11. The lowest BCUT2D eigenvalue weighted by atomic mass is 9.78. The van der Waals surface area contributed by atoms with E-state index in [2.05, 4.69) is 47.8 Å². The molecule has 1 aliphatic carbocycles. The zero-order valence-electron chi connectivity index (χ0n) is 23.9. The van der Waals surface area contributed by atoms with Crippen molar-refractivity contribution in [1.82, 2.24) is 5.32 Å². The summed E-state index contributed by atoms with van der Waals surface area (Å²) < 4.78 is 36.8. The average molecular weight is 576 g/mol. The molecule has 0 aromatic heterocycles. The number of allylic oxidation sites excluding steroid dienone is 1. The maximum atomic E-state index is 13.4. The molecule has 8 heteroatoms. The summed E-state index contributed by atoms with van der Waals surface area (Å²) in [6.07, 6.45) is 2.74. The number of halogens is 1. The van der Waals surface area contributed by atoms with E-state index in [-0.39, 0.29) is 49.1 Å². The monoisotopic (exact) mass is 575 g/mol. The molecule has 0 radical (unpaired) electrons. The van der Waals surface area contributed by atoms with Gasteiger partial charge in [-0.25, -0.2) is 4.39 Å². The smallest absolute Gasteiger partial charge is 0.286 e. The van der Waals surface area contributed by atoms with Crippen LogP contribution in [-0.2, 0) is 36.7 Å². The molecule has 42 heavy (non-hydrogen) atoms. The second-order valence-electron chi connectivity index (χ2n) is 10.4. The minimum atomic E-state index is -0.648. The highest BCUT2D eigenvalue weighted by atomic mass is 19.1. The first-order valence-corrected chi connectivity index (χ1v) is 14.6. The van der Waals surface area contributed by atoms with E-state index in [4.69, 9.17) is 24.1 Å². The average Bonchev–Trinajstić information content (AvgIpc) is 3.40. The van der Waals surface area contributed by atoms with Gasteiger partial charge in [0.15, 0.2) is 5.76 Å². The number of carbonyl (C=O) groups is 1. The SMILES string of the molecule is CCOC1OC(C(=O)NCc2ccc(F)cc2)=CC(c2cccc3c2Cc2ccccc2-3)C1CCOCCOCCO. The molecule has 0 saturated carbocycles. The Bertz CT molecular complexity index is 1370. The Morgan fingerprint density at radius 3 is 2.52 bits per heavy atom. The molecular formula is C34H38FNO6. The molecule has 1 heterocycles. The van der Waals surface area contributed by atoms with Crippen LogP contribution in [0.15, 0.2) is 78.6 Å². The molecule has 0 saturated heterocycles. The van der Waals surface area contributed by atoms with Gasteiger partial charge in [-0.15, -0.1) is 0 Å². The standard InChI is InChI=1S/C34H38FNO6/c1-2-41-34-29(14-16-39-18-19-40-17-15-37)31(21-32(42-34)33(38)36-22-23-10-12-25(35)13-11-23)28-9-5-8-27-26-7-4-3-6-24(26)20-30(27)28/h3-13,21,29,31,34,37H,2,14-20,22H2,1H3,(H,36,38). The van der Waals surface area contributed by atoms with Crippen molar-refractivity contribution in [3.8, 4) is 11.1 Å². The third-order valence-corrected chi connectivity index (χ3v) is 7.76. The number of hydrogen-bond donors (Lipinski definition) is 2. The van der Waals surface area contributed by atoms with Crippen LogP contribution in [0.25, 0.3) is 11.1 Å². The van der Waals surface area contributed by atoms with Crippen molar-refractivity contribution in [1.29, 1.82) is 0 Å². The van der Waals surface area contributed by atoms with Crippen LogP contribution < -0.4 is 5.32 Å². The van der Waals surface area contributed by atoms with Gasteiger partial charge in [-0.05, 0) is 71.4 Å². The first kappa shape index (κ1) is 29.9. The third-order valence-electron chi connectivity index (χ3n) is 7.76. The lowest BCUT2D eigenvalue weighted by Crippen LogP contribution is -2.39. The molecule has 7 nitrogen and oxygen atoms in total. The topological polar surface area (TPSA) is 86.3 Å². The highest BCUT2D eigenvalue weighted by molar-refractivity contribution is 5.91. The van der Waals surface area contributed by atoms with Crippen LogP contribution in [0.5, 0.6) is 0 Å². The lowest BCUT2D eigenvalue weighted by molar-refractivity contribution is -0.168. The van der Waals surface area contributed by atoms with Gasteiger partial charge in [0.05, 0.1) is 26.4 Å². The summed E-state index contributed by atoms with van der Waals surface area (Å²) in [4.78, 5) is 13.4. The van der Waals surface area contributed by atoms with Crippen molar-refractivity contribution in [3.63, 3.8) is 0 Å². The number of carbonyl (C=O) groups excluding carboxylic acids is 1. The van der Waals surface area contributed by atoms with Crippen LogP contribution in [-0.4, -0.2) is 56.9 Å². The summed E-state index contributed by atoms with van der Waals surface area (Å²) in [7, 11) is 0. The minimum absolute atomic E-state index is 0.0193. The summed E-state index contributed by atoms with van der Waals surface area (Å²) in [5.74, 6) is -0.715. The second kappa shape index (κ2) is 14.6. The molecule has 1 amide bonds. The van der Waals surface area contributed by atoms with Gasteiger partial charge in [0, 0.05) is 31.6 Å². The van der Waals surface area contributed by atoms with Gasteiger partial charge in [0.25, 0.3) is 5.91 Å². The summed E-state index contributed by atoms with van der Waals surface area (Å²) in [5, 5.41) is 11.8. The number of aliphatic hydroxyl groups is 1. The van der Waals surface area contributed by atoms with Crippen LogP contribution in [0.1, 0.15) is 41.5 Å². The minimum Gasteiger partial charge on any atom is -0.459 e. The molecule has 2 aliphatic rings. The van der Waals surface area contributed by atoms with E-state index in [0.29, 0.717) is 32.8 Å². The number of benzene rings is 3. The maximum Gasteiger partial charge on any atom is 0.286 e. The van der Waals surface area contributed by atoms with Crippen LogP contribution in [0.2, 0.25) is 0 Å². The Hall–Kier alpha value is -3.56. The molecule has 3 atom stereocenters. The molecule has 0 bridgehead atoms. The Kier molecular flexibility index (Phi) is 10.4. The van der Waals surface area contributed by atoms with Crippen molar-refractivity contribution in [2.75, 3.05) is 39.6 Å². The number of hydrogen-bond acceptors (Lipinski definition) is 6. The quantitative estimate of drug-likeness (QED) is 0.204. The number of ether oxygens (including phenoxy) is 4. The summed E-state index contributed by atoms with van der Waals surface area (Å²) >= 11 is 0. The molecule has 222 valence electrons. The van der Waals surface area contributed by atoms with Gasteiger partial charge in [-0.1, -0.05) is 54.6 Å². The predicted molar refractivity (Wildman–Crippen MR) is 157 cm³/mol. The molecule has 3 aromatic carbocycles. The van der Waals surface area contributed by atoms with Gasteiger partial charge in [0.2, 0.25) is 6.29 Å². The van der Waals surface area contributed by atoms with E-state index < -0.39 is 6.29 Å². The Morgan fingerprint density at radius 2 is 1.74 bits per heavy atom. The number of fused-ring (bicyclic) bond motifs is 3. The van der Waals surface area contributed by atoms with Crippen molar-refractivity contribution in [3.05, 3.63) is 107 Å². The van der Waals surface area contributed by atoms with Gasteiger partial charge in [0.1, 0.15) is 5.82 Å². The van der Waals surface area contributed by atoms with E-state index >= 15 is 0 Å². The Balaban J connectivity index is 1.41. The largest absolute Gasteiger partial charge is 0.459 e. The summed E-state index contributed by atoms with van der Waals surface area (Å²) in [6.45, 7) is 4.13. The Labute approximate surface area is 246 Å². The van der Waals surface area contributed by atoms with Crippen molar-refractivity contribution >= 4 is 5.91 Å². The molecule has 5 rings (SSSR count). The van der Waals surface area contributed by atoms with Gasteiger partial charge in [-0.2, -0.15) is 0 Å². The molecule has 0 fully saturated rings. The van der Waals surface area contributed by atoms with Crippen LogP contribution >= 0.6 is 0 Å². The maximum absolute atomic E-state index is 13.4. The molecular weight excluding hydrogens is 537 g/mol. The number of nitrogens with one attached hydrogen (secondary N) is 1. The van der Waals surface area contributed by atoms with Crippen molar-refractivity contribution < 1.29 is 33.2 Å². The van der Waals surface area contributed by atoms with Crippen LogP contribution in [0.3, 0.4) is 0 Å². The first-order chi connectivity index (χ1) is 20.6.